The van der Waals surface area contributed by atoms with Crippen molar-refractivity contribution in [2.45, 2.75) is 6.42 Å². The Labute approximate surface area is 76.2 Å². The zero-order chi connectivity index (χ0) is 9.10. The average molecular weight is 174 g/mol. The molecule has 0 bridgehead atoms. The van der Waals surface area contributed by atoms with Crippen molar-refractivity contribution >= 4 is 5.69 Å². The van der Waals surface area contributed by atoms with Crippen LogP contribution in [0.1, 0.15) is 11.3 Å². The predicted molar refractivity (Wildman–Crippen MR) is 50.2 cm³/mol. The van der Waals surface area contributed by atoms with Crippen LogP contribution in [0.4, 0.5) is 5.69 Å². The number of nitrogens with zero attached hydrogens (tertiary/aromatic N) is 1. The maximum Gasteiger partial charge on any atom is 0.163 e. The molecule has 1 aromatic heterocycles. The highest BCUT2D eigenvalue weighted by Gasteiger charge is 2.04. The lowest BCUT2D eigenvalue weighted by atomic mass is 10.1. The fourth-order valence-electron chi connectivity index (χ4n) is 1.19. The minimum atomic E-state index is 0.615. The number of hydrogen-bond donors (Lipinski definition) is 1. The fourth-order valence-corrected chi connectivity index (χ4v) is 1.19. The molecule has 0 spiro atoms. The van der Waals surface area contributed by atoms with Crippen molar-refractivity contribution in [3.8, 4) is 0 Å². The molecule has 2 N–H and O–H groups in total. The van der Waals surface area contributed by atoms with Crippen LogP contribution in [0.25, 0.3) is 0 Å². The molecule has 2 rings (SSSR count). The van der Waals surface area contributed by atoms with Gasteiger partial charge in [0, 0.05) is 6.42 Å². The first-order valence-electron chi connectivity index (χ1n) is 4.09. The van der Waals surface area contributed by atoms with Crippen LogP contribution in [-0.4, -0.2) is 5.16 Å². The van der Waals surface area contributed by atoms with Crippen LogP contribution in [0.2, 0.25) is 0 Å². The van der Waals surface area contributed by atoms with Crippen LogP contribution < -0.4 is 5.73 Å². The van der Waals surface area contributed by atoms with E-state index in [0.29, 0.717) is 12.1 Å². The second-order valence-electron chi connectivity index (χ2n) is 2.87. The van der Waals surface area contributed by atoms with E-state index in [0.717, 1.165) is 5.76 Å². The van der Waals surface area contributed by atoms with Crippen molar-refractivity contribution in [2.24, 2.45) is 0 Å². The third-order valence-corrected chi connectivity index (χ3v) is 1.88. The van der Waals surface area contributed by atoms with E-state index in [1.165, 1.54) is 11.8 Å². The third kappa shape index (κ3) is 1.69. The van der Waals surface area contributed by atoms with Crippen molar-refractivity contribution in [2.75, 3.05) is 5.73 Å². The van der Waals surface area contributed by atoms with E-state index >= 15 is 0 Å². The summed E-state index contributed by atoms with van der Waals surface area (Å²) in [5.41, 5.74) is 7.42. The van der Waals surface area contributed by atoms with E-state index in [1.54, 1.807) is 0 Å². The van der Waals surface area contributed by atoms with E-state index in [4.69, 9.17) is 10.3 Å². The molecule has 0 fully saturated rings. The fraction of sp³-hybridized carbons (Fsp3) is 0.100. The largest absolute Gasteiger partial charge is 0.395 e. The van der Waals surface area contributed by atoms with Crippen LogP contribution >= 0.6 is 0 Å². The molecule has 0 saturated carbocycles. The first-order chi connectivity index (χ1) is 6.36. The number of anilines is 1. The molecule has 66 valence electrons. The van der Waals surface area contributed by atoms with E-state index in [-0.39, 0.29) is 0 Å². The van der Waals surface area contributed by atoms with Gasteiger partial charge in [-0.3, -0.25) is 0 Å². The normalized spacial score (nSPS) is 10.2. The lowest BCUT2D eigenvalue weighted by Crippen LogP contribution is -1.90. The second kappa shape index (κ2) is 3.31. The Bertz CT molecular complexity index is 381. The van der Waals surface area contributed by atoms with Gasteiger partial charge in [0.15, 0.2) is 5.76 Å². The highest BCUT2D eigenvalue weighted by Crippen LogP contribution is 2.14. The van der Waals surface area contributed by atoms with Gasteiger partial charge in [0.25, 0.3) is 0 Å². The Morgan fingerprint density at radius 1 is 1.23 bits per heavy atom. The first-order valence-corrected chi connectivity index (χ1v) is 4.09. The quantitative estimate of drug-likeness (QED) is 0.755. The Kier molecular flexibility index (Phi) is 2.00. The summed E-state index contributed by atoms with van der Waals surface area (Å²) in [4.78, 5) is 0. The van der Waals surface area contributed by atoms with Gasteiger partial charge >= 0.3 is 0 Å². The maximum atomic E-state index is 5.63. The number of nitrogen functional groups attached to an aromatic ring is 1. The summed E-state index contributed by atoms with van der Waals surface area (Å²) in [6.45, 7) is 0. The molecule has 0 atom stereocenters. The number of rotatable bonds is 2. The SMILES string of the molecule is Nc1cnoc1Cc1ccccc1. The van der Waals surface area contributed by atoms with Crippen molar-refractivity contribution in [1.82, 2.24) is 5.16 Å². The van der Waals surface area contributed by atoms with Crippen LogP contribution in [0.5, 0.6) is 0 Å². The summed E-state index contributed by atoms with van der Waals surface area (Å²) in [5, 5.41) is 3.62. The molecule has 13 heavy (non-hydrogen) atoms. The van der Waals surface area contributed by atoms with Gasteiger partial charge in [0.2, 0.25) is 0 Å². The molecule has 0 saturated heterocycles. The molecule has 0 unspecified atom stereocenters. The average Bonchev–Trinajstić information content (AvgIpc) is 2.54. The van der Waals surface area contributed by atoms with Gasteiger partial charge in [-0.1, -0.05) is 35.5 Å². The van der Waals surface area contributed by atoms with Crippen molar-refractivity contribution < 1.29 is 4.52 Å². The third-order valence-electron chi connectivity index (χ3n) is 1.88. The molecule has 1 aromatic carbocycles. The molecule has 0 aliphatic carbocycles. The molecule has 0 radical (unpaired) electrons. The Morgan fingerprint density at radius 3 is 2.62 bits per heavy atom. The van der Waals surface area contributed by atoms with Crippen LogP contribution in [0.3, 0.4) is 0 Å². The summed E-state index contributed by atoms with van der Waals surface area (Å²) in [7, 11) is 0. The van der Waals surface area contributed by atoms with E-state index in [1.807, 2.05) is 30.3 Å². The Balaban J connectivity index is 2.20. The predicted octanol–water partition coefficient (Wildman–Crippen LogP) is 1.85. The molecular formula is C10H10N2O. The molecule has 1 heterocycles. The molecule has 0 amide bonds. The molecular weight excluding hydrogens is 164 g/mol. The maximum absolute atomic E-state index is 5.63. The van der Waals surface area contributed by atoms with Gasteiger partial charge in [-0.25, -0.2) is 0 Å². The van der Waals surface area contributed by atoms with Crippen molar-refractivity contribution in [3.05, 3.63) is 47.9 Å². The van der Waals surface area contributed by atoms with Gasteiger partial charge in [0.05, 0.1) is 11.9 Å². The topological polar surface area (TPSA) is 52.0 Å². The molecule has 3 heteroatoms. The summed E-state index contributed by atoms with van der Waals surface area (Å²) in [6.07, 6.45) is 2.23. The minimum Gasteiger partial charge on any atom is -0.395 e. The van der Waals surface area contributed by atoms with Gasteiger partial charge in [-0.05, 0) is 5.56 Å². The van der Waals surface area contributed by atoms with Crippen molar-refractivity contribution in [1.29, 1.82) is 0 Å². The first kappa shape index (κ1) is 7.86. The van der Waals surface area contributed by atoms with E-state index in [2.05, 4.69) is 5.16 Å². The lowest BCUT2D eigenvalue weighted by Gasteiger charge is -1.96. The monoisotopic (exact) mass is 174 g/mol. The summed E-state index contributed by atoms with van der Waals surface area (Å²) in [6, 6.07) is 10.0. The molecule has 2 aromatic rings. The van der Waals surface area contributed by atoms with Crippen molar-refractivity contribution in [3.63, 3.8) is 0 Å². The highest BCUT2D eigenvalue weighted by atomic mass is 16.5. The van der Waals surface area contributed by atoms with Crippen LogP contribution in [0.15, 0.2) is 41.1 Å². The summed E-state index contributed by atoms with van der Waals surface area (Å²) >= 11 is 0. The Morgan fingerprint density at radius 2 is 2.00 bits per heavy atom. The van der Waals surface area contributed by atoms with Gasteiger partial charge in [-0.15, -0.1) is 0 Å². The number of aromatic nitrogens is 1. The molecule has 3 nitrogen and oxygen atoms in total. The Hall–Kier alpha value is -1.77. The minimum absolute atomic E-state index is 0.615. The zero-order valence-corrected chi connectivity index (χ0v) is 7.10. The van der Waals surface area contributed by atoms with Crippen LogP contribution in [0, 0.1) is 0 Å². The van der Waals surface area contributed by atoms with Gasteiger partial charge in [-0.2, -0.15) is 0 Å². The lowest BCUT2D eigenvalue weighted by molar-refractivity contribution is 0.390. The van der Waals surface area contributed by atoms with E-state index < -0.39 is 0 Å². The highest BCUT2D eigenvalue weighted by molar-refractivity contribution is 5.40. The van der Waals surface area contributed by atoms with Gasteiger partial charge < -0.3 is 10.3 Å². The molecule has 0 aliphatic heterocycles. The van der Waals surface area contributed by atoms with E-state index in [9.17, 15) is 0 Å². The smallest absolute Gasteiger partial charge is 0.163 e. The standard InChI is InChI=1S/C10H10N2O/c11-9-7-12-13-10(9)6-8-4-2-1-3-5-8/h1-5,7H,6,11H2. The number of nitrogens with two attached hydrogens (primary N) is 1. The number of benzene rings is 1. The van der Waals surface area contributed by atoms with Gasteiger partial charge in [0.1, 0.15) is 0 Å². The summed E-state index contributed by atoms with van der Waals surface area (Å²) in [5.74, 6) is 0.728. The molecule has 0 aliphatic rings. The van der Waals surface area contributed by atoms with Crippen LogP contribution in [-0.2, 0) is 6.42 Å². The zero-order valence-electron chi connectivity index (χ0n) is 7.10. The summed E-state index contributed by atoms with van der Waals surface area (Å²) < 4.78 is 4.99. The number of hydrogen-bond acceptors (Lipinski definition) is 3. The second-order valence-corrected chi connectivity index (χ2v) is 2.87.